The molecule has 94 valence electrons. The van der Waals surface area contributed by atoms with Gasteiger partial charge in [-0.2, -0.15) is 5.10 Å². The maximum absolute atomic E-state index is 13.5. The van der Waals surface area contributed by atoms with Crippen LogP contribution in [0.25, 0.3) is 0 Å². The van der Waals surface area contributed by atoms with Crippen molar-refractivity contribution in [3.63, 3.8) is 0 Å². The van der Waals surface area contributed by atoms with E-state index in [0.717, 1.165) is 6.07 Å². The van der Waals surface area contributed by atoms with Crippen LogP contribution in [-0.2, 0) is 0 Å². The van der Waals surface area contributed by atoms with E-state index in [1.54, 1.807) is 0 Å². The van der Waals surface area contributed by atoms with E-state index in [1.165, 1.54) is 13.1 Å². The Bertz CT molecular complexity index is 609. The zero-order chi connectivity index (χ0) is 13.3. The van der Waals surface area contributed by atoms with E-state index >= 15 is 0 Å². The molecule has 1 heterocycles. The molecule has 0 aliphatic rings. The van der Waals surface area contributed by atoms with Crippen molar-refractivity contribution in [3.8, 4) is 0 Å². The number of H-pyrrole nitrogens is 1. The molecule has 0 fully saturated rings. The summed E-state index contributed by atoms with van der Waals surface area (Å²) in [4.78, 5) is 11.8. The summed E-state index contributed by atoms with van der Waals surface area (Å²) in [6.07, 6.45) is 1.31. The van der Waals surface area contributed by atoms with E-state index in [0.29, 0.717) is 6.07 Å². The molecule has 0 saturated carbocycles. The van der Waals surface area contributed by atoms with Crippen LogP contribution in [0.3, 0.4) is 0 Å². The second-order valence-electron chi connectivity index (χ2n) is 3.74. The molecule has 0 radical (unpaired) electrons. The third-order valence-corrected chi connectivity index (χ3v) is 2.40. The Morgan fingerprint density at radius 3 is 2.72 bits per heavy atom. The molecule has 2 rings (SSSR count). The normalized spacial score (nSPS) is 10.4. The molecular weight excluding hydrogens is 242 g/mol. The van der Waals surface area contributed by atoms with E-state index in [1.807, 2.05) is 0 Å². The van der Waals surface area contributed by atoms with Gasteiger partial charge >= 0.3 is 0 Å². The largest absolute Gasteiger partial charge is 0.394 e. The van der Waals surface area contributed by atoms with Crippen LogP contribution in [0, 0.1) is 18.6 Å². The smallest absolute Gasteiger partial charge is 0.259 e. The van der Waals surface area contributed by atoms with Gasteiger partial charge in [-0.05, 0) is 18.6 Å². The number of aryl methyl sites for hydroxylation is 1. The van der Waals surface area contributed by atoms with Crippen molar-refractivity contribution in [2.75, 3.05) is 11.1 Å². The number of aromatic amines is 1. The molecule has 0 aliphatic heterocycles. The number of carbonyl (C=O) groups is 1. The van der Waals surface area contributed by atoms with Crippen LogP contribution in [0.15, 0.2) is 18.3 Å². The number of nitrogens with zero attached hydrogens (tertiary/aromatic N) is 1. The van der Waals surface area contributed by atoms with Gasteiger partial charge in [-0.3, -0.25) is 9.89 Å². The molecule has 18 heavy (non-hydrogen) atoms. The van der Waals surface area contributed by atoms with Crippen LogP contribution in [-0.4, -0.2) is 16.1 Å². The first-order chi connectivity index (χ1) is 8.49. The van der Waals surface area contributed by atoms with E-state index in [9.17, 15) is 13.6 Å². The van der Waals surface area contributed by atoms with Crippen LogP contribution >= 0.6 is 0 Å². The van der Waals surface area contributed by atoms with Gasteiger partial charge in [0.1, 0.15) is 11.6 Å². The van der Waals surface area contributed by atoms with Gasteiger partial charge < -0.3 is 11.1 Å². The lowest BCUT2D eigenvalue weighted by Crippen LogP contribution is -2.15. The zero-order valence-corrected chi connectivity index (χ0v) is 9.42. The molecule has 0 saturated heterocycles. The Hall–Kier alpha value is -2.44. The predicted molar refractivity (Wildman–Crippen MR) is 62.0 cm³/mol. The summed E-state index contributed by atoms with van der Waals surface area (Å²) in [7, 11) is 0. The summed E-state index contributed by atoms with van der Waals surface area (Å²) in [5.41, 5.74) is 5.64. The number of hydrogen-bond donors (Lipinski definition) is 3. The molecule has 0 aliphatic carbocycles. The topological polar surface area (TPSA) is 83.8 Å². The van der Waals surface area contributed by atoms with Crippen LogP contribution in [0.4, 0.5) is 20.3 Å². The molecule has 0 bridgehead atoms. The molecule has 5 nitrogen and oxygen atoms in total. The van der Waals surface area contributed by atoms with Crippen molar-refractivity contribution in [1.82, 2.24) is 10.2 Å². The number of rotatable bonds is 2. The maximum atomic E-state index is 13.5. The number of amides is 1. The summed E-state index contributed by atoms with van der Waals surface area (Å²) in [5, 5.41) is 8.40. The quantitative estimate of drug-likeness (QED) is 0.762. The van der Waals surface area contributed by atoms with Crippen molar-refractivity contribution >= 4 is 17.4 Å². The van der Waals surface area contributed by atoms with Crippen molar-refractivity contribution < 1.29 is 13.6 Å². The Morgan fingerprint density at radius 1 is 1.39 bits per heavy atom. The first-order valence-electron chi connectivity index (χ1n) is 5.05. The number of anilines is 2. The lowest BCUT2D eigenvalue weighted by molar-refractivity contribution is 0.102. The SMILES string of the molecule is Cc1cc(C(=O)Nc2[nH]ncc2N)c(F)cc1F. The lowest BCUT2D eigenvalue weighted by Gasteiger charge is -2.06. The average molecular weight is 252 g/mol. The molecule has 2 aromatic rings. The fraction of sp³-hybridized carbons (Fsp3) is 0.0909. The lowest BCUT2D eigenvalue weighted by atomic mass is 10.1. The Labute approximate surface area is 101 Å². The molecule has 0 atom stereocenters. The fourth-order valence-electron chi connectivity index (χ4n) is 1.41. The number of hydrogen-bond acceptors (Lipinski definition) is 3. The summed E-state index contributed by atoms with van der Waals surface area (Å²) < 4.78 is 26.5. The Kier molecular flexibility index (Phi) is 2.97. The van der Waals surface area contributed by atoms with Crippen molar-refractivity contribution in [2.24, 2.45) is 0 Å². The Balaban J connectivity index is 2.30. The summed E-state index contributed by atoms with van der Waals surface area (Å²) in [6.45, 7) is 1.44. The molecule has 4 N–H and O–H groups in total. The second-order valence-corrected chi connectivity index (χ2v) is 3.74. The standard InChI is InChI=1S/C11H10F2N4O/c1-5-2-6(8(13)3-7(5)12)11(18)16-10-9(14)4-15-17-10/h2-4H,14H2,1H3,(H2,15,16,17,18). The van der Waals surface area contributed by atoms with Gasteiger partial charge in [0.25, 0.3) is 5.91 Å². The van der Waals surface area contributed by atoms with Gasteiger partial charge in [0.15, 0.2) is 5.82 Å². The van der Waals surface area contributed by atoms with Crippen molar-refractivity contribution in [2.45, 2.75) is 6.92 Å². The molecule has 0 spiro atoms. The van der Waals surface area contributed by atoms with Crippen molar-refractivity contribution in [1.29, 1.82) is 0 Å². The average Bonchev–Trinajstić information content (AvgIpc) is 2.69. The maximum Gasteiger partial charge on any atom is 0.259 e. The van der Waals surface area contributed by atoms with Gasteiger partial charge in [0.05, 0.1) is 17.4 Å². The summed E-state index contributed by atoms with van der Waals surface area (Å²) >= 11 is 0. The van der Waals surface area contributed by atoms with E-state index in [2.05, 4.69) is 15.5 Å². The minimum atomic E-state index is -0.936. The molecular formula is C11H10F2N4O. The van der Waals surface area contributed by atoms with Crippen molar-refractivity contribution in [3.05, 3.63) is 41.1 Å². The minimum absolute atomic E-state index is 0.168. The second kappa shape index (κ2) is 4.44. The monoisotopic (exact) mass is 252 g/mol. The molecule has 1 aromatic carbocycles. The van der Waals surface area contributed by atoms with E-state index in [4.69, 9.17) is 5.73 Å². The number of carbonyl (C=O) groups excluding carboxylic acids is 1. The summed E-state index contributed by atoms with van der Waals surface area (Å²) in [5.74, 6) is -2.20. The molecule has 1 aromatic heterocycles. The highest BCUT2D eigenvalue weighted by molar-refractivity contribution is 6.05. The highest BCUT2D eigenvalue weighted by Crippen LogP contribution is 2.18. The minimum Gasteiger partial charge on any atom is -0.394 e. The number of aromatic nitrogens is 2. The van der Waals surface area contributed by atoms with Gasteiger partial charge in [-0.25, -0.2) is 8.78 Å². The highest BCUT2D eigenvalue weighted by atomic mass is 19.1. The number of nitrogens with two attached hydrogens (primary N) is 1. The third kappa shape index (κ3) is 2.15. The van der Waals surface area contributed by atoms with Crippen LogP contribution in [0.5, 0.6) is 0 Å². The van der Waals surface area contributed by atoms with Gasteiger partial charge in [0.2, 0.25) is 0 Å². The number of halogens is 2. The van der Waals surface area contributed by atoms with Crippen LogP contribution in [0.2, 0.25) is 0 Å². The fourth-order valence-corrected chi connectivity index (χ4v) is 1.41. The first kappa shape index (κ1) is 12.0. The van der Waals surface area contributed by atoms with E-state index in [-0.39, 0.29) is 22.6 Å². The number of benzene rings is 1. The van der Waals surface area contributed by atoms with Gasteiger partial charge in [-0.1, -0.05) is 0 Å². The van der Waals surface area contributed by atoms with Crippen LogP contribution in [0.1, 0.15) is 15.9 Å². The number of nitrogen functional groups attached to an aromatic ring is 1. The van der Waals surface area contributed by atoms with Gasteiger partial charge in [0, 0.05) is 6.07 Å². The summed E-state index contributed by atoms with van der Waals surface area (Å²) in [6, 6.07) is 1.80. The first-order valence-corrected chi connectivity index (χ1v) is 5.05. The Morgan fingerprint density at radius 2 is 2.11 bits per heavy atom. The molecule has 0 unspecified atom stereocenters. The predicted octanol–water partition coefficient (Wildman–Crippen LogP) is 1.83. The van der Waals surface area contributed by atoms with E-state index < -0.39 is 17.5 Å². The highest BCUT2D eigenvalue weighted by Gasteiger charge is 2.16. The van der Waals surface area contributed by atoms with Gasteiger partial charge in [-0.15, -0.1) is 0 Å². The molecule has 1 amide bonds. The van der Waals surface area contributed by atoms with Crippen LogP contribution < -0.4 is 11.1 Å². The zero-order valence-electron chi connectivity index (χ0n) is 9.42. The third-order valence-electron chi connectivity index (χ3n) is 2.40. The molecule has 7 heteroatoms. The number of nitrogens with one attached hydrogen (secondary N) is 2.